The topological polar surface area (TPSA) is 20.2 Å². The lowest BCUT2D eigenvalue weighted by Gasteiger charge is -2.19. The highest BCUT2D eigenvalue weighted by atomic mass is 35.5. The van der Waals surface area contributed by atoms with Crippen LogP contribution in [0.2, 0.25) is 10.0 Å². The van der Waals surface area contributed by atoms with Crippen molar-refractivity contribution in [1.82, 2.24) is 0 Å². The van der Waals surface area contributed by atoms with Gasteiger partial charge >= 0.3 is 0 Å². The SMILES string of the molecule is CCC(Cc1c(Cl)cccc1Cl)C(C)O. The minimum atomic E-state index is -0.331. The average Bonchev–Trinajstić information content (AvgIpc) is 2.17. The molecule has 0 spiro atoms. The van der Waals surface area contributed by atoms with Crippen molar-refractivity contribution >= 4 is 23.2 Å². The Kier molecular flexibility index (Phi) is 4.91. The first-order chi connectivity index (χ1) is 7.06. The normalized spacial score (nSPS) is 15.0. The third-order valence-electron chi connectivity index (χ3n) is 2.73. The van der Waals surface area contributed by atoms with E-state index in [1.54, 1.807) is 6.92 Å². The second kappa shape index (κ2) is 5.74. The zero-order valence-corrected chi connectivity index (χ0v) is 10.5. The number of benzene rings is 1. The highest BCUT2D eigenvalue weighted by molar-refractivity contribution is 6.35. The highest BCUT2D eigenvalue weighted by Crippen LogP contribution is 2.28. The molecule has 0 amide bonds. The lowest BCUT2D eigenvalue weighted by atomic mass is 9.92. The van der Waals surface area contributed by atoms with Crippen LogP contribution < -0.4 is 0 Å². The molecule has 2 unspecified atom stereocenters. The fraction of sp³-hybridized carbons (Fsp3) is 0.500. The molecule has 0 aliphatic carbocycles. The quantitative estimate of drug-likeness (QED) is 0.854. The Morgan fingerprint density at radius 3 is 2.20 bits per heavy atom. The summed E-state index contributed by atoms with van der Waals surface area (Å²) in [5.41, 5.74) is 0.939. The summed E-state index contributed by atoms with van der Waals surface area (Å²) >= 11 is 12.1. The van der Waals surface area contributed by atoms with Crippen LogP contribution in [0.1, 0.15) is 25.8 Å². The van der Waals surface area contributed by atoms with E-state index >= 15 is 0 Å². The summed E-state index contributed by atoms with van der Waals surface area (Å²) in [4.78, 5) is 0. The Morgan fingerprint density at radius 2 is 1.80 bits per heavy atom. The maximum absolute atomic E-state index is 9.57. The van der Waals surface area contributed by atoms with Gasteiger partial charge in [0.2, 0.25) is 0 Å². The van der Waals surface area contributed by atoms with Gasteiger partial charge in [-0.1, -0.05) is 42.6 Å². The Bertz CT molecular complexity index is 303. The summed E-state index contributed by atoms with van der Waals surface area (Å²) in [6.07, 6.45) is 1.31. The molecule has 1 N–H and O–H groups in total. The molecule has 15 heavy (non-hydrogen) atoms. The molecule has 0 heterocycles. The maximum atomic E-state index is 9.57. The molecule has 0 aliphatic heterocycles. The van der Waals surface area contributed by atoms with E-state index in [-0.39, 0.29) is 12.0 Å². The van der Waals surface area contributed by atoms with E-state index in [1.807, 2.05) is 18.2 Å². The monoisotopic (exact) mass is 246 g/mol. The van der Waals surface area contributed by atoms with Crippen molar-refractivity contribution < 1.29 is 5.11 Å². The van der Waals surface area contributed by atoms with Gasteiger partial charge in [-0.15, -0.1) is 0 Å². The molecule has 84 valence electrons. The predicted octanol–water partition coefficient (Wildman–Crippen LogP) is 3.94. The van der Waals surface area contributed by atoms with Crippen molar-refractivity contribution in [2.24, 2.45) is 5.92 Å². The summed E-state index contributed by atoms with van der Waals surface area (Å²) < 4.78 is 0. The van der Waals surface area contributed by atoms with Crippen molar-refractivity contribution in [1.29, 1.82) is 0 Å². The van der Waals surface area contributed by atoms with Gasteiger partial charge in [0.05, 0.1) is 6.10 Å². The smallest absolute Gasteiger partial charge is 0.0543 e. The van der Waals surface area contributed by atoms with Crippen LogP contribution in [0.4, 0.5) is 0 Å². The Morgan fingerprint density at radius 1 is 1.27 bits per heavy atom. The first-order valence-electron chi connectivity index (χ1n) is 5.17. The largest absolute Gasteiger partial charge is 0.393 e. The fourth-order valence-corrected chi connectivity index (χ4v) is 2.20. The third-order valence-corrected chi connectivity index (χ3v) is 3.44. The zero-order chi connectivity index (χ0) is 11.4. The van der Waals surface area contributed by atoms with Crippen molar-refractivity contribution in [3.63, 3.8) is 0 Å². The first-order valence-corrected chi connectivity index (χ1v) is 5.92. The molecule has 0 aromatic heterocycles. The number of aliphatic hydroxyl groups is 1. The van der Waals surface area contributed by atoms with Crippen LogP contribution in [0.5, 0.6) is 0 Å². The number of hydrogen-bond acceptors (Lipinski definition) is 1. The van der Waals surface area contributed by atoms with Crippen molar-refractivity contribution in [3.05, 3.63) is 33.8 Å². The summed E-state index contributed by atoms with van der Waals surface area (Å²) in [6.45, 7) is 3.86. The van der Waals surface area contributed by atoms with E-state index in [1.165, 1.54) is 0 Å². The molecular formula is C12H16Cl2O. The lowest BCUT2D eigenvalue weighted by Crippen LogP contribution is -2.18. The number of halogens is 2. The highest BCUT2D eigenvalue weighted by Gasteiger charge is 2.16. The lowest BCUT2D eigenvalue weighted by molar-refractivity contribution is 0.123. The summed E-state index contributed by atoms with van der Waals surface area (Å²) in [7, 11) is 0. The van der Waals surface area contributed by atoms with Gasteiger partial charge < -0.3 is 5.11 Å². The van der Waals surface area contributed by atoms with E-state index in [0.29, 0.717) is 10.0 Å². The van der Waals surface area contributed by atoms with Crippen LogP contribution >= 0.6 is 23.2 Å². The van der Waals surface area contributed by atoms with Gasteiger partial charge in [0.15, 0.2) is 0 Å². The van der Waals surface area contributed by atoms with E-state index in [9.17, 15) is 5.11 Å². The van der Waals surface area contributed by atoms with E-state index in [4.69, 9.17) is 23.2 Å². The van der Waals surface area contributed by atoms with Crippen LogP contribution in [0.15, 0.2) is 18.2 Å². The molecule has 3 heteroatoms. The number of aliphatic hydroxyl groups excluding tert-OH is 1. The average molecular weight is 247 g/mol. The van der Waals surface area contributed by atoms with Crippen LogP contribution in [0.25, 0.3) is 0 Å². The Labute approximate surface area is 101 Å². The maximum Gasteiger partial charge on any atom is 0.0543 e. The molecule has 0 saturated carbocycles. The molecule has 0 aliphatic rings. The van der Waals surface area contributed by atoms with Gasteiger partial charge in [0, 0.05) is 10.0 Å². The molecule has 2 atom stereocenters. The molecular weight excluding hydrogens is 231 g/mol. The van der Waals surface area contributed by atoms with Gasteiger partial charge in [0.1, 0.15) is 0 Å². The van der Waals surface area contributed by atoms with E-state index < -0.39 is 0 Å². The standard InChI is InChI=1S/C12H16Cl2O/c1-3-9(8(2)15)7-10-11(13)5-4-6-12(10)14/h4-6,8-9,15H,3,7H2,1-2H3. The zero-order valence-electron chi connectivity index (χ0n) is 9.00. The van der Waals surface area contributed by atoms with Gasteiger partial charge in [-0.25, -0.2) is 0 Å². The molecule has 0 bridgehead atoms. The minimum Gasteiger partial charge on any atom is -0.393 e. The summed E-state index contributed by atoms with van der Waals surface area (Å²) in [5.74, 6) is 0.211. The molecule has 1 rings (SSSR count). The predicted molar refractivity (Wildman–Crippen MR) is 65.6 cm³/mol. The van der Waals surface area contributed by atoms with E-state index in [0.717, 1.165) is 18.4 Å². The van der Waals surface area contributed by atoms with Crippen LogP contribution in [0, 0.1) is 5.92 Å². The Balaban J connectivity index is 2.87. The molecule has 0 radical (unpaired) electrons. The number of hydrogen-bond donors (Lipinski definition) is 1. The van der Waals surface area contributed by atoms with Gasteiger partial charge in [0.25, 0.3) is 0 Å². The van der Waals surface area contributed by atoms with Crippen molar-refractivity contribution in [3.8, 4) is 0 Å². The van der Waals surface area contributed by atoms with Gasteiger partial charge in [-0.2, -0.15) is 0 Å². The molecule has 1 nitrogen and oxygen atoms in total. The molecule has 0 fully saturated rings. The second-order valence-electron chi connectivity index (χ2n) is 3.81. The first kappa shape index (κ1) is 12.8. The van der Waals surface area contributed by atoms with Gasteiger partial charge in [-0.05, 0) is 37.0 Å². The number of rotatable bonds is 4. The van der Waals surface area contributed by atoms with Gasteiger partial charge in [-0.3, -0.25) is 0 Å². The minimum absolute atomic E-state index is 0.211. The van der Waals surface area contributed by atoms with E-state index in [2.05, 4.69) is 6.92 Å². The molecule has 1 aromatic rings. The van der Waals surface area contributed by atoms with Crippen LogP contribution in [0.3, 0.4) is 0 Å². The third kappa shape index (κ3) is 3.37. The van der Waals surface area contributed by atoms with Crippen molar-refractivity contribution in [2.75, 3.05) is 0 Å². The summed E-state index contributed by atoms with van der Waals surface area (Å²) in [5, 5.41) is 10.9. The van der Waals surface area contributed by atoms with Crippen LogP contribution in [-0.2, 0) is 6.42 Å². The fourth-order valence-electron chi connectivity index (χ4n) is 1.65. The second-order valence-corrected chi connectivity index (χ2v) is 4.63. The Hall–Kier alpha value is -0.240. The van der Waals surface area contributed by atoms with Crippen molar-refractivity contribution in [2.45, 2.75) is 32.8 Å². The summed E-state index contributed by atoms with van der Waals surface area (Å²) in [6, 6.07) is 5.49. The molecule has 1 aromatic carbocycles. The van der Waals surface area contributed by atoms with Crippen LogP contribution in [-0.4, -0.2) is 11.2 Å². The molecule has 0 saturated heterocycles.